The number of benzene rings is 1. The van der Waals surface area contributed by atoms with Gasteiger partial charge in [-0.2, -0.15) is 0 Å². The van der Waals surface area contributed by atoms with Gasteiger partial charge in [0.25, 0.3) is 0 Å². The first-order chi connectivity index (χ1) is 7.22. The molecule has 0 spiro atoms. The lowest BCUT2D eigenvalue weighted by molar-refractivity contribution is 0.0553. The second-order valence-electron chi connectivity index (χ2n) is 3.39. The highest BCUT2D eigenvalue weighted by molar-refractivity contribution is 9.11. The lowest BCUT2D eigenvalue weighted by Crippen LogP contribution is -2.06. The van der Waals surface area contributed by atoms with Crippen LogP contribution in [0.25, 0.3) is 0 Å². The zero-order valence-corrected chi connectivity index (χ0v) is 10.3. The zero-order valence-electron chi connectivity index (χ0n) is 8.69. The Balaban J connectivity index is 2.33. The summed E-state index contributed by atoms with van der Waals surface area (Å²) in [4.78, 5) is 1.84. The van der Waals surface area contributed by atoms with Crippen LogP contribution in [-0.4, -0.2) is 11.2 Å². The number of phenols is 1. The molecule has 0 saturated heterocycles. The highest BCUT2D eigenvalue weighted by Crippen LogP contribution is 2.12. The van der Waals surface area contributed by atoms with Crippen LogP contribution in [0.4, 0.5) is 0 Å². The van der Waals surface area contributed by atoms with Crippen molar-refractivity contribution < 1.29 is 9.84 Å². The third kappa shape index (κ3) is 5.00. The average Bonchev–Trinajstić information content (AvgIpc) is 2.25. The van der Waals surface area contributed by atoms with Crippen LogP contribution in [0.3, 0.4) is 0 Å². The van der Waals surface area contributed by atoms with Crippen molar-refractivity contribution in [2.45, 2.75) is 26.1 Å². The van der Waals surface area contributed by atoms with E-state index in [2.05, 4.69) is 15.9 Å². The van der Waals surface area contributed by atoms with Gasteiger partial charge >= 0.3 is 0 Å². The van der Waals surface area contributed by atoms with Crippen molar-refractivity contribution in [1.82, 2.24) is 0 Å². The number of hydrogen-bond donors (Lipinski definition) is 1. The maximum absolute atomic E-state index is 9.10. The molecule has 15 heavy (non-hydrogen) atoms. The van der Waals surface area contributed by atoms with Crippen molar-refractivity contribution in [3.05, 3.63) is 40.9 Å². The predicted octanol–water partition coefficient (Wildman–Crippen LogP) is 3.60. The minimum Gasteiger partial charge on any atom is -0.508 e. The van der Waals surface area contributed by atoms with Gasteiger partial charge in [0.1, 0.15) is 5.75 Å². The molecule has 0 aliphatic rings. The van der Waals surface area contributed by atoms with E-state index < -0.39 is 0 Å². The molecule has 1 atom stereocenters. The van der Waals surface area contributed by atoms with Crippen molar-refractivity contribution in [3.63, 3.8) is 0 Å². The largest absolute Gasteiger partial charge is 0.508 e. The lowest BCUT2D eigenvalue weighted by Gasteiger charge is -2.10. The number of halogens is 1. The van der Waals surface area contributed by atoms with Crippen LogP contribution < -0.4 is 0 Å². The summed E-state index contributed by atoms with van der Waals surface area (Å²) in [5.74, 6) is 0.286. The predicted molar refractivity (Wildman–Crippen MR) is 65.0 cm³/mol. The van der Waals surface area contributed by atoms with Crippen LogP contribution >= 0.6 is 15.9 Å². The van der Waals surface area contributed by atoms with Crippen LogP contribution in [0.5, 0.6) is 5.75 Å². The highest BCUT2D eigenvalue weighted by Gasteiger charge is 2.00. The van der Waals surface area contributed by atoms with E-state index in [0.717, 1.165) is 12.0 Å². The molecule has 0 saturated carbocycles. The van der Waals surface area contributed by atoms with Crippen molar-refractivity contribution in [2.75, 3.05) is 0 Å². The topological polar surface area (TPSA) is 29.5 Å². The van der Waals surface area contributed by atoms with E-state index in [9.17, 15) is 0 Å². The van der Waals surface area contributed by atoms with E-state index in [1.54, 1.807) is 12.1 Å². The van der Waals surface area contributed by atoms with Gasteiger partial charge in [0.15, 0.2) is 0 Å². The van der Waals surface area contributed by atoms with Gasteiger partial charge in [-0.15, -0.1) is 0 Å². The molecule has 1 rings (SSSR count). The monoisotopic (exact) mass is 270 g/mol. The molecule has 0 fully saturated rings. The van der Waals surface area contributed by atoms with Crippen LogP contribution in [0, 0.1) is 0 Å². The molecular weight excluding hydrogens is 256 g/mol. The van der Waals surface area contributed by atoms with Crippen molar-refractivity contribution in [2.24, 2.45) is 0 Å². The molecule has 82 valence electrons. The van der Waals surface area contributed by atoms with Gasteiger partial charge in [0, 0.05) is 0 Å². The summed E-state index contributed by atoms with van der Waals surface area (Å²) in [5, 5.41) is 9.10. The number of ether oxygens (including phenoxy) is 1. The van der Waals surface area contributed by atoms with E-state index >= 15 is 0 Å². The Kier molecular flexibility index (Phi) is 5.43. The first-order valence-corrected chi connectivity index (χ1v) is 5.78. The number of aromatic hydroxyl groups is 1. The molecule has 1 aromatic carbocycles. The normalized spacial score (nSPS) is 13.2. The third-order valence-corrected chi connectivity index (χ3v) is 2.40. The summed E-state index contributed by atoms with van der Waals surface area (Å²) in [5.41, 5.74) is 1.07. The maximum Gasteiger partial charge on any atom is 0.115 e. The molecule has 1 N–H and O–H groups in total. The Bertz CT molecular complexity index is 306. The van der Waals surface area contributed by atoms with E-state index in [4.69, 9.17) is 9.84 Å². The average molecular weight is 271 g/mol. The van der Waals surface area contributed by atoms with Gasteiger partial charge in [0.2, 0.25) is 0 Å². The number of phenolic OH excluding ortho intramolecular Hbond substituents is 1. The fourth-order valence-electron chi connectivity index (χ4n) is 1.14. The third-order valence-electron chi connectivity index (χ3n) is 2.03. The fourth-order valence-corrected chi connectivity index (χ4v) is 1.36. The minimum absolute atomic E-state index is 0.201. The summed E-state index contributed by atoms with van der Waals surface area (Å²) in [6.07, 6.45) is 3.11. The van der Waals surface area contributed by atoms with Crippen LogP contribution in [0.15, 0.2) is 35.3 Å². The SMILES string of the molecule is C[C@H](C/C=C\Br)OCc1ccc(O)cc1. The molecule has 0 unspecified atom stereocenters. The summed E-state index contributed by atoms with van der Waals surface area (Å²) in [7, 11) is 0. The van der Waals surface area contributed by atoms with Gasteiger partial charge in [-0.1, -0.05) is 34.1 Å². The Hall–Kier alpha value is -0.800. The molecule has 1 aromatic rings. The quantitative estimate of drug-likeness (QED) is 0.886. The van der Waals surface area contributed by atoms with Gasteiger partial charge in [-0.3, -0.25) is 0 Å². The Labute approximate surface area is 98.7 Å². The highest BCUT2D eigenvalue weighted by atomic mass is 79.9. The van der Waals surface area contributed by atoms with Crippen molar-refractivity contribution >= 4 is 15.9 Å². The smallest absolute Gasteiger partial charge is 0.115 e. The summed E-state index contributed by atoms with van der Waals surface area (Å²) in [6.45, 7) is 2.62. The van der Waals surface area contributed by atoms with Gasteiger partial charge in [-0.25, -0.2) is 0 Å². The molecule has 0 aliphatic carbocycles. The second-order valence-corrected chi connectivity index (χ2v) is 3.91. The van der Waals surface area contributed by atoms with E-state index in [1.807, 2.05) is 30.1 Å². The molecule has 0 heterocycles. The Morgan fingerprint density at radius 2 is 2.07 bits per heavy atom. The number of rotatable bonds is 5. The zero-order chi connectivity index (χ0) is 11.1. The standard InChI is InChI=1S/C12H15BrO2/c1-10(3-2-8-13)15-9-11-4-6-12(14)7-5-11/h2,4-8,10,14H,3,9H2,1H3/b8-2-/t10-/m1/s1. The van der Waals surface area contributed by atoms with Crippen molar-refractivity contribution in [1.29, 1.82) is 0 Å². The summed E-state index contributed by atoms with van der Waals surface area (Å²) in [6, 6.07) is 7.06. The lowest BCUT2D eigenvalue weighted by atomic mass is 10.2. The van der Waals surface area contributed by atoms with E-state index in [-0.39, 0.29) is 11.9 Å². The maximum atomic E-state index is 9.10. The van der Waals surface area contributed by atoms with Crippen molar-refractivity contribution in [3.8, 4) is 5.75 Å². The molecule has 0 amide bonds. The van der Waals surface area contributed by atoms with Crippen LogP contribution in [0.1, 0.15) is 18.9 Å². The molecule has 2 nitrogen and oxygen atoms in total. The summed E-state index contributed by atoms with van der Waals surface area (Å²) < 4.78 is 5.62. The molecule has 3 heteroatoms. The fraction of sp³-hybridized carbons (Fsp3) is 0.333. The second kappa shape index (κ2) is 6.64. The van der Waals surface area contributed by atoms with Crippen LogP contribution in [0.2, 0.25) is 0 Å². The minimum atomic E-state index is 0.201. The van der Waals surface area contributed by atoms with Crippen LogP contribution in [-0.2, 0) is 11.3 Å². The first kappa shape index (κ1) is 12.3. The van der Waals surface area contributed by atoms with E-state index in [0.29, 0.717) is 6.61 Å². The molecule has 0 bridgehead atoms. The summed E-state index contributed by atoms with van der Waals surface area (Å²) >= 11 is 3.22. The van der Waals surface area contributed by atoms with Gasteiger partial charge in [-0.05, 0) is 36.0 Å². The molecule has 0 radical (unpaired) electrons. The Morgan fingerprint density at radius 3 is 2.67 bits per heavy atom. The van der Waals surface area contributed by atoms with E-state index in [1.165, 1.54) is 0 Å². The molecule has 0 aromatic heterocycles. The first-order valence-electron chi connectivity index (χ1n) is 4.87. The molecule has 0 aliphatic heterocycles. The number of hydrogen-bond acceptors (Lipinski definition) is 2. The van der Waals surface area contributed by atoms with Gasteiger partial charge in [0.05, 0.1) is 12.7 Å². The Morgan fingerprint density at radius 1 is 1.40 bits per heavy atom. The van der Waals surface area contributed by atoms with Gasteiger partial charge < -0.3 is 9.84 Å². The molecular formula is C12H15BrO2.